The molecule has 30 heavy (non-hydrogen) atoms. The number of benzene rings is 1. The van der Waals surface area contributed by atoms with Crippen LogP contribution in [0.5, 0.6) is 0 Å². The molecule has 1 amide bonds. The van der Waals surface area contributed by atoms with Gasteiger partial charge < -0.3 is 9.88 Å². The SMILES string of the molecule is Cc1ccc(CNC(=O)c2nnc(CSc3nnc(C)n3C3CCCCC3)s2)cc1. The summed E-state index contributed by atoms with van der Waals surface area (Å²) >= 11 is 2.95. The second kappa shape index (κ2) is 9.70. The van der Waals surface area contributed by atoms with E-state index in [0.717, 1.165) is 21.6 Å². The van der Waals surface area contributed by atoms with Crippen molar-refractivity contribution in [3.63, 3.8) is 0 Å². The maximum absolute atomic E-state index is 12.4. The first-order valence-corrected chi connectivity index (χ1v) is 12.1. The summed E-state index contributed by atoms with van der Waals surface area (Å²) in [5.41, 5.74) is 2.26. The molecule has 0 saturated heterocycles. The van der Waals surface area contributed by atoms with Crippen molar-refractivity contribution in [2.24, 2.45) is 0 Å². The third-order valence-corrected chi connectivity index (χ3v) is 7.39. The number of carbonyl (C=O) groups is 1. The summed E-state index contributed by atoms with van der Waals surface area (Å²) < 4.78 is 2.28. The zero-order valence-electron chi connectivity index (χ0n) is 17.3. The van der Waals surface area contributed by atoms with Crippen LogP contribution >= 0.6 is 23.1 Å². The Labute approximate surface area is 184 Å². The standard InChI is InChI=1S/C21H26N6OS2/c1-14-8-10-16(11-9-14)12-22-19(28)20-25-24-18(30-20)13-29-21-26-23-15(2)27(21)17-6-4-3-5-7-17/h8-11,17H,3-7,12-13H2,1-2H3,(H,22,28). The summed E-state index contributed by atoms with van der Waals surface area (Å²) in [7, 11) is 0. The van der Waals surface area contributed by atoms with E-state index in [1.165, 1.54) is 49.0 Å². The van der Waals surface area contributed by atoms with Gasteiger partial charge in [0.25, 0.3) is 5.91 Å². The fourth-order valence-corrected chi connectivity index (χ4v) is 5.49. The highest BCUT2D eigenvalue weighted by Gasteiger charge is 2.22. The molecule has 158 valence electrons. The number of aromatic nitrogens is 5. The highest BCUT2D eigenvalue weighted by molar-refractivity contribution is 7.98. The van der Waals surface area contributed by atoms with Crippen LogP contribution in [0.15, 0.2) is 29.4 Å². The van der Waals surface area contributed by atoms with Gasteiger partial charge in [-0.15, -0.1) is 20.4 Å². The molecular weight excluding hydrogens is 416 g/mol. The maximum Gasteiger partial charge on any atom is 0.282 e. The first-order valence-electron chi connectivity index (χ1n) is 10.3. The highest BCUT2D eigenvalue weighted by atomic mass is 32.2. The first kappa shape index (κ1) is 21.0. The van der Waals surface area contributed by atoms with Crippen LogP contribution in [0, 0.1) is 13.8 Å². The smallest absolute Gasteiger partial charge is 0.282 e. The van der Waals surface area contributed by atoms with Crippen molar-refractivity contribution < 1.29 is 4.79 Å². The van der Waals surface area contributed by atoms with Crippen LogP contribution in [0.4, 0.5) is 0 Å². The van der Waals surface area contributed by atoms with Gasteiger partial charge in [0.1, 0.15) is 10.8 Å². The van der Waals surface area contributed by atoms with E-state index >= 15 is 0 Å². The van der Waals surface area contributed by atoms with Crippen LogP contribution in [0.2, 0.25) is 0 Å². The maximum atomic E-state index is 12.4. The van der Waals surface area contributed by atoms with Crippen LogP contribution in [-0.4, -0.2) is 30.9 Å². The molecule has 1 N–H and O–H groups in total. The van der Waals surface area contributed by atoms with E-state index in [-0.39, 0.29) is 5.91 Å². The number of aryl methyl sites for hydroxylation is 2. The summed E-state index contributed by atoms with van der Waals surface area (Å²) in [6, 6.07) is 8.60. The van der Waals surface area contributed by atoms with Crippen LogP contribution < -0.4 is 5.32 Å². The van der Waals surface area contributed by atoms with Crippen LogP contribution in [0.3, 0.4) is 0 Å². The minimum Gasteiger partial charge on any atom is -0.346 e. The number of nitrogens with one attached hydrogen (secondary N) is 1. The number of carbonyl (C=O) groups excluding carboxylic acids is 1. The fraction of sp³-hybridized carbons (Fsp3) is 0.476. The molecule has 0 atom stereocenters. The van der Waals surface area contributed by atoms with E-state index in [1.54, 1.807) is 11.8 Å². The Kier molecular flexibility index (Phi) is 6.79. The topological polar surface area (TPSA) is 85.6 Å². The predicted molar refractivity (Wildman–Crippen MR) is 119 cm³/mol. The van der Waals surface area contributed by atoms with E-state index < -0.39 is 0 Å². The molecule has 1 fully saturated rings. The number of nitrogens with zero attached hydrogens (tertiary/aromatic N) is 5. The summed E-state index contributed by atoms with van der Waals surface area (Å²) in [6.45, 7) is 4.54. The van der Waals surface area contributed by atoms with E-state index in [2.05, 4.69) is 30.3 Å². The molecule has 9 heteroatoms. The summed E-state index contributed by atoms with van der Waals surface area (Å²) in [5, 5.41) is 22.0. The lowest BCUT2D eigenvalue weighted by atomic mass is 9.95. The molecule has 0 spiro atoms. The third kappa shape index (κ3) is 5.07. The van der Waals surface area contributed by atoms with Gasteiger partial charge in [-0.25, -0.2) is 0 Å². The molecule has 1 aliphatic carbocycles. The van der Waals surface area contributed by atoms with Crippen molar-refractivity contribution >= 4 is 29.0 Å². The quantitative estimate of drug-likeness (QED) is 0.543. The third-order valence-electron chi connectivity index (χ3n) is 5.33. The zero-order valence-corrected chi connectivity index (χ0v) is 18.9. The second-order valence-corrected chi connectivity index (χ2v) is 9.65. The molecule has 2 aromatic heterocycles. The van der Waals surface area contributed by atoms with Gasteiger partial charge in [-0.05, 0) is 32.3 Å². The number of hydrogen-bond acceptors (Lipinski definition) is 7. The Morgan fingerprint density at radius 3 is 2.63 bits per heavy atom. The van der Waals surface area contributed by atoms with Gasteiger partial charge in [0, 0.05) is 12.6 Å². The van der Waals surface area contributed by atoms with Crippen LogP contribution in [0.25, 0.3) is 0 Å². The lowest BCUT2D eigenvalue weighted by molar-refractivity contribution is 0.0950. The van der Waals surface area contributed by atoms with Gasteiger partial charge in [-0.1, -0.05) is 72.2 Å². The molecule has 4 rings (SSSR count). The zero-order chi connectivity index (χ0) is 20.9. The Morgan fingerprint density at radius 2 is 1.87 bits per heavy atom. The Balaban J connectivity index is 1.33. The molecule has 1 aromatic carbocycles. The summed E-state index contributed by atoms with van der Waals surface area (Å²) in [5.74, 6) is 1.41. The fourth-order valence-electron chi connectivity index (χ4n) is 3.70. The van der Waals surface area contributed by atoms with Crippen LogP contribution in [0.1, 0.15) is 69.9 Å². The van der Waals surface area contributed by atoms with Gasteiger partial charge in [0.2, 0.25) is 5.01 Å². The first-order chi connectivity index (χ1) is 14.6. The average Bonchev–Trinajstić information content (AvgIpc) is 3.39. The van der Waals surface area contributed by atoms with Gasteiger partial charge >= 0.3 is 0 Å². The molecule has 0 bridgehead atoms. The Morgan fingerprint density at radius 1 is 1.10 bits per heavy atom. The minimum atomic E-state index is -0.189. The lowest BCUT2D eigenvalue weighted by Gasteiger charge is -2.24. The molecule has 3 aromatic rings. The number of thioether (sulfide) groups is 1. The molecule has 0 radical (unpaired) electrons. The van der Waals surface area contributed by atoms with Crippen molar-refractivity contribution in [1.82, 2.24) is 30.3 Å². The largest absolute Gasteiger partial charge is 0.346 e. The predicted octanol–water partition coefficient (Wildman–Crippen LogP) is 4.47. The molecule has 1 aliphatic rings. The monoisotopic (exact) mass is 442 g/mol. The minimum absolute atomic E-state index is 0.189. The van der Waals surface area contributed by atoms with Crippen molar-refractivity contribution in [3.05, 3.63) is 51.2 Å². The highest BCUT2D eigenvalue weighted by Crippen LogP contribution is 2.33. The molecular formula is C21H26N6OS2. The van der Waals surface area contributed by atoms with Crippen molar-refractivity contribution in [3.8, 4) is 0 Å². The molecule has 7 nitrogen and oxygen atoms in total. The Hall–Kier alpha value is -2.26. The van der Waals surface area contributed by atoms with Gasteiger partial charge in [-0.2, -0.15) is 0 Å². The summed E-state index contributed by atoms with van der Waals surface area (Å²) in [6.07, 6.45) is 6.24. The van der Waals surface area contributed by atoms with E-state index in [9.17, 15) is 4.79 Å². The molecule has 0 unspecified atom stereocenters. The molecule has 1 saturated carbocycles. The summed E-state index contributed by atoms with van der Waals surface area (Å²) in [4.78, 5) is 12.4. The van der Waals surface area contributed by atoms with E-state index in [0.29, 0.717) is 23.3 Å². The van der Waals surface area contributed by atoms with Gasteiger partial charge in [-0.3, -0.25) is 4.79 Å². The number of rotatable bonds is 7. The molecule has 0 aliphatic heterocycles. The average molecular weight is 443 g/mol. The molecule has 2 heterocycles. The van der Waals surface area contributed by atoms with Crippen molar-refractivity contribution in [1.29, 1.82) is 0 Å². The second-order valence-electron chi connectivity index (χ2n) is 7.65. The van der Waals surface area contributed by atoms with Gasteiger partial charge in [0.15, 0.2) is 5.16 Å². The van der Waals surface area contributed by atoms with E-state index in [4.69, 9.17) is 0 Å². The normalized spacial score (nSPS) is 14.7. The van der Waals surface area contributed by atoms with Crippen LogP contribution in [-0.2, 0) is 12.3 Å². The van der Waals surface area contributed by atoms with Gasteiger partial charge in [0.05, 0.1) is 5.75 Å². The Bertz CT molecular complexity index is 991. The van der Waals surface area contributed by atoms with Crippen molar-refractivity contribution in [2.45, 2.75) is 69.4 Å². The van der Waals surface area contributed by atoms with E-state index in [1.807, 2.05) is 38.1 Å². The number of hydrogen-bond donors (Lipinski definition) is 1. The van der Waals surface area contributed by atoms with Crippen molar-refractivity contribution in [2.75, 3.05) is 0 Å². The number of amides is 1. The lowest BCUT2D eigenvalue weighted by Crippen LogP contribution is -2.22.